The molecule has 1 unspecified atom stereocenters. The summed E-state index contributed by atoms with van der Waals surface area (Å²) in [6.07, 6.45) is 3.15. The Morgan fingerprint density at radius 1 is 1.32 bits per heavy atom. The van der Waals surface area contributed by atoms with E-state index in [9.17, 15) is 9.59 Å². The first-order valence-electron chi connectivity index (χ1n) is 6.29. The zero-order valence-corrected chi connectivity index (χ0v) is 11.3. The van der Waals surface area contributed by atoms with Crippen molar-refractivity contribution in [3.63, 3.8) is 0 Å². The molecule has 19 heavy (non-hydrogen) atoms. The number of rotatable bonds is 3. The van der Waals surface area contributed by atoms with Crippen molar-refractivity contribution >= 4 is 11.8 Å². The summed E-state index contributed by atoms with van der Waals surface area (Å²) in [6.45, 7) is 1.58. The number of hydrogen-bond donors (Lipinski definition) is 0. The van der Waals surface area contributed by atoms with Crippen molar-refractivity contribution in [3.8, 4) is 0 Å². The molecule has 1 saturated heterocycles. The molecule has 1 aliphatic heterocycles. The second-order valence-corrected chi connectivity index (χ2v) is 4.79. The molecule has 0 aliphatic carbocycles. The minimum Gasteiger partial charge on any atom is -0.365 e. The lowest BCUT2D eigenvalue weighted by Gasteiger charge is -2.33. The molecule has 0 aromatic carbocycles. The van der Waals surface area contributed by atoms with Crippen LogP contribution in [0, 0.1) is 0 Å². The Balaban J connectivity index is 1.93. The quantitative estimate of drug-likeness (QED) is 0.761. The third kappa shape index (κ3) is 3.35. The molecule has 2 heterocycles. The highest BCUT2D eigenvalue weighted by Crippen LogP contribution is 2.08. The van der Waals surface area contributed by atoms with Gasteiger partial charge in [-0.05, 0) is 12.1 Å². The van der Waals surface area contributed by atoms with Gasteiger partial charge in [-0.25, -0.2) is 0 Å². The summed E-state index contributed by atoms with van der Waals surface area (Å²) in [5, 5.41) is 0. The van der Waals surface area contributed by atoms with Gasteiger partial charge < -0.3 is 19.1 Å². The first-order valence-corrected chi connectivity index (χ1v) is 6.29. The van der Waals surface area contributed by atoms with Crippen LogP contribution in [0.3, 0.4) is 0 Å². The summed E-state index contributed by atoms with van der Waals surface area (Å²) in [7, 11) is 3.37. The van der Waals surface area contributed by atoms with Crippen molar-refractivity contribution in [2.24, 2.45) is 0 Å². The van der Waals surface area contributed by atoms with Gasteiger partial charge in [-0.3, -0.25) is 9.59 Å². The summed E-state index contributed by atoms with van der Waals surface area (Å²) in [4.78, 5) is 27.1. The Kier molecular flexibility index (Phi) is 4.21. The van der Waals surface area contributed by atoms with Gasteiger partial charge >= 0.3 is 0 Å². The molecular weight excluding hydrogens is 246 g/mol. The molecule has 6 nitrogen and oxygen atoms in total. The summed E-state index contributed by atoms with van der Waals surface area (Å²) in [6, 6.07) is 3.76. The molecule has 0 saturated carbocycles. The molecule has 0 N–H and O–H groups in total. The molecule has 1 atom stereocenters. The molecule has 1 fully saturated rings. The van der Waals surface area contributed by atoms with Gasteiger partial charge in [0.1, 0.15) is 6.54 Å². The molecule has 0 bridgehead atoms. The molecule has 6 heteroatoms. The van der Waals surface area contributed by atoms with Crippen LogP contribution in [-0.2, 0) is 20.9 Å². The van der Waals surface area contributed by atoms with Crippen LogP contribution in [0.2, 0.25) is 0 Å². The number of hydrogen-bond acceptors (Lipinski definition) is 3. The van der Waals surface area contributed by atoms with Crippen molar-refractivity contribution in [1.82, 2.24) is 14.4 Å². The normalized spacial score (nSPS) is 19.3. The molecule has 1 aromatic rings. The average Bonchev–Trinajstić information content (AvgIpc) is 2.90. The molecule has 0 spiro atoms. The van der Waals surface area contributed by atoms with E-state index in [-0.39, 0.29) is 11.8 Å². The van der Waals surface area contributed by atoms with Gasteiger partial charge in [0.15, 0.2) is 6.10 Å². The highest BCUT2D eigenvalue weighted by molar-refractivity contribution is 5.82. The first kappa shape index (κ1) is 13.6. The predicted molar refractivity (Wildman–Crippen MR) is 69.4 cm³/mol. The first-order chi connectivity index (χ1) is 9.08. The summed E-state index contributed by atoms with van der Waals surface area (Å²) >= 11 is 0. The van der Waals surface area contributed by atoms with Crippen LogP contribution in [0.5, 0.6) is 0 Å². The number of morpholine rings is 1. The van der Waals surface area contributed by atoms with Gasteiger partial charge in [0, 0.05) is 33.0 Å². The zero-order chi connectivity index (χ0) is 13.8. The minimum atomic E-state index is -0.544. The molecule has 1 aliphatic rings. The summed E-state index contributed by atoms with van der Waals surface area (Å²) < 4.78 is 7.24. The second kappa shape index (κ2) is 5.88. The van der Waals surface area contributed by atoms with Crippen LogP contribution < -0.4 is 0 Å². The van der Waals surface area contributed by atoms with E-state index in [4.69, 9.17) is 4.74 Å². The summed E-state index contributed by atoms with van der Waals surface area (Å²) in [5.74, 6) is -0.0884. The largest absolute Gasteiger partial charge is 0.365 e. The zero-order valence-electron chi connectivity index (χ0n) is 11.3. The van der Waals surface area contributed by atoms with Crippen LogP contribution >= 0.6 is 0 Å². The average molecular weight is 265 g/mol. The van der Waals surface area contributed by atoms with Gasteiger partial charge in [0.25, 0.3) is 5.91 Å². The number of nitrogens with zero attached hydrogens (tertiary/aromatic N) is 3. The van der Waals surface area contributed by atoms with Crippen LogP contribution in [0.25, 0.3) is 0 Å². The van der Waals surface area contributed by atoms with Crippen molar-refractivity contribution in [3.05, 3.63) is 24.5 Å². The van der Waals surface area contributed by atoms with Crippen molar-refractivity contribution in [2.45, 2.75) is 12.6 Å². The molecule has 104 valence electrons. The lowest BCUT2D eigenvalue weighted by atomic mass is 10.2. The Morgan fingerprint density at radius 2 is 2.00 bits per heavy atom. The van der Waals surface area contributed by atoms with E-state index < -0.39 is 6.10 Å². The third-order valence-electron chi connectivity index (χ3n) is 3.12. The fraction of sp³-hybridized carbons (Fsp3) is 0.538. The van der Waals surface area contributed by atoms with Gasteiger partial charge in [0.2, 0.25) is 5.91 Å². The fourth-order valence-electron chi connectivity index (χ4n) is 2.04. The molecule has 1 aromatic heterocycles. The van der Waals surface area contributed by atoms with E-state index in [1.165, 1.54) is 4.90 Å². The Morgan fingerprint density at radius 3 is 2.63 bits per heavy atom. The highest BCUT2D eigenvalue weighted by atomic mass is 16.5. The van der Waals surface area contributed by atoms with E-state index in [0.717, 1.165) is 0 Å². The number of amides is 2. The van der Waals surface area contributed by atoms with Crippen LogP contribution in [0.1, 0.15) is 0 Å². The molecular formula is C13H19N3O3. The number of likely N-dealkylation sites (N-methyl/N-ethyl adjacent to an activating group) is 1. The Bertz CT molecular complexity index is 442. The minimum absolute atomic E-state index is 0.0102. The Labute approximate surface area is 112 Å². The van der Waals surface area contributed by atoms with Gasteiger partial charge in [-0.2, -0.15) is 0 Å². The topological polar surface area (TPSA) is 54.8 Å². The molecule has 2 rings (SSSR count). The maximum absolute atomic E-state index is 12.1. The Hall–Kier alpha value is -1.82. The maximum Gasteiger partial charge on any atom is 0.253 e. The van der Waals surface area contributed by atoms with Crippen molar-refractivity contribution < 1.29 is 14.3 Å². The van der Waals surface area contributed by atoms with E-state index in [0.29, 0.717) is 26.2 Å². The van der Waals surface area contributed by atoms with E-state index in [1.54, 1.807) is 19.0 Å². The molecule has 2 amide bonds. The van der Waals surface area contributed by atoms with Crippen molar-refractivity contribution in [1.29, 1.82) is 0 Å². The SMILES string of the molecule is CN(C)C(=O)C1CN(C(=O)Cn2cccc2)CCO1. The monoisotopic (exact) mass is 265 g/mol. The number of carbonyl (C=O) groups is 2. The van der Waals surface area contributed by atoms with E-state index >= 15 is 0 Å². The highest BCUT2D eigenvalue weighted by Gasteiger charge is 2.29. The number of carbonyl (C=O) groups excluding carboxylic acids is 2. The fourth-order valence-corrected chi connectivity index (χ4v) is 2.04. The van der Waals surface area contributed by atoms with E-state index in [2.05, 4.69) is 0 Å². The summed E-state index contributed by atoms with van der Waals surface area (Å²) in [5.41, 5.74) is 0. The standard InChI is InChI=1S/C13H19N3O3/c1-14(2)13(18)11-9-16(7-8-19-11)12(17)10-15-5-3-4-6-15/h3-6,11H,7-10H2,1-2H3. The number of ether oxygens (including phenoxy) is 1. The van der Waals surface area contributed by atoms with Gasteiger partial charge in [-0.15, -0.1) is 0 Å². The van der Waals surface area contributed by atoms with E-state index in [1.807, 2.05) is 29.1 Å². The number of aromatic nitrogens is 1. The molecule has 0 radical (unpaired) electrons. The third-order valence-corrected chi connectivity index (χ3v) is 3.12. The smallest absolute Gasteiger partial charge is 0.253 e. The van der Waals surface area contributed by atoms with Crippen LogP contribution in [0.15, 0.2) is 24.5 Å². The van der Waals surface area contributed by atoms with Gasteiger partial charge in [0.05, 0.1) is 13.2 Å². The lowest BCUT2D eigenvalue weighted by Crippen LogP contribution is -2.51. The van der Waals surface area contributed by atoms with Crippen LogP contribution in [-0.4, -0.2) is 66.1 Å². The van der Waals surface area contributed by atoms with Crippen molar-refractivity contribution in [2.75, 3.05) is 33.8 Å². The van der Waals surface area contributed by atoms with Gasteiger partial charge in [-0.1, -0.05) is 0 Å². The second-order valence-electron chi connectivity index (χ2n) is 4.79. The van der Waals surface area contributed by atoms with Crippen LogP contribution in [0.4, 0.5) is 0 Å². The predicted octanol–water partition coefficient (Wildman–Crippen LogP) is -0.196. The lowest BCUT2D eigenvalue weighted by molar-refractivity contribution is -0.152. The maximum atomic E-state index is 12.1.